The minimum atomic E-state index is -0.0470. The van der Waals surface area contributed by atoms with E-state index >= 15 is 0 Å². The summed E-state index contributed by atoms with van der Waals surface area (Å²) in [5, 5.41) is 4.47. The molecule has 1 atom stereocenters. The van der Waals surface area contributed by atoms with Gasteiger partial charge in [0.1, 0.15) is 0 Å². The Morgan fingerprint density at radius 3 is 2.81 bits per heavy atom. The van der Waals surface area contributed by atoms with E-state index in [2.05, 4.69) is 18.9 Å². The van der Waals surface area contributed by atoms with Crippen LogP contribution in [0.5, 0.6) is 0 Å². The lowest BCUT2D eigenvalue weighted by molar-refractivity contribution is 0.521. The summed E-state index contributed by atoms with van der Waals surface area (Å²) in [7, 11) is 0. The van der Waals surface area contributed by atoms with E-state index in [1.165, 1.54) is 0 Å². The average Bonchev–Trinajstić information content (AvgIpc) is 2.87. The van der Waals surface area contributed by atoms with Crippen molar-refractivity contribution in [3.8, 4) is 0 Å². The van der Waals surface area contributed by atoms with Crippen molar-refractivity contribution in [2.24, 2.45) is 5.73 Å². The topological polar surface area (TPSA) is 57.0 Å². The van der Waals surface area contributed by atoms with Gasteiger partial charge in [-0.2, -0.15) is 5.10 Å². The summed E-state index contributed by atoms with van der Waals surface area (Å²) in [6, 6.07) is 4.25. The molecule has 2 aromatic heterocycles. The van der Waals surface area contributed by atoms with E-state index in [1.807, 2.05) is 23.0 Å². The van der Waals surface area contributed by atoms with Crippen LogP contribution in [0.1, 0.15) is 37.2 Å². The molecular weight excluding hydrogens is 202 g/mol. The van der Waals surface area contributed by atoms with Gasteiger partial charge in [-0.3, -0.25) is 4.68 Å². The number of hydrogen-bond donors (Lipinski definition) is 1. The highest BCUT2D eigenvalue weighted by Crippen LogP contribution is 2.15. The lowest BCUT2D eigenvalue weighted by Gasteiger charge is -2.07. The van der Waals surface area contributed by atoms with E-state index in [0.717, 1.165) is 17.7 Å². The zero-order valence-corrected chi connectivity index (χ0v) is 9.63. The molecule has 0 saturated carbocycles. The fourth-order valence-electron chi connectivity index (χ4n) is 1.60. The predicted molar refractivity (Wildman–Crippen MR) is 62.0 cm³/mol. The van der Waals surface area contributed by atoms with Gasteiger partial charge >= 0.3 is 0 Å². The van der Waals surface area contributed by atoms with Gasteiger partial charge in [-0.05, 0) is 26.0 Å². The van der Waals surface area contributed by atoms with Crippen molar-refractivity contribution in [2.75, 3.05) is 0 Å². The van der Waals surface area contributed by atoms with Crippen LogP contribution in [0.25, 0.3) is 0 Å². The molecule has 86 valence electrons. The number of aromatic nitrogens is 2. The molecule has 0 spiro atoms. The third-order valence-electron chi connectivity index (χ3n) is 2.59. The lowest BCUT2D eigenvalue weighted by Crippen LogP contribution is -2.13. The highest BCUT2D eigenvalue weighted by molar-refractivity contribution is 5.14. The highest BCUT2D eigenvalue weighted by Gasteiger charge is 2.10. The summed E-state index contributed by atoms with van der Waals surface area (Å²) in [5.74, 6) is 0. The van der Waals surface area contributed by atoms with Crippen LogP contribution >= 0.6 is 0 Å². The molecule has 0 aromatic carbocycles. The zero-order chi connectivity index (χ0) is 11.5. The molecule has 2 aromatic rings. The average molecular weight is 219 g/mol. The first kappa shape index (κ1) is 11.0. The maximum absolute atomic E-state index is 6.05. The summed E-state index contributed by atoms with van der Waals surface area (Å²) in [4.78, 5) is 0. The van der Waals surface area contributed by atoms with Crippen LogP contribution in [-0.2, 0) is 6.42 Å². The molecule has 0 saturated heterocycles. The van der Waals surface area contributed by atoms with E-state index in [-0.39, 0.29) is 6.04 Å². The Hall–Kier alpha value is -1.55. The molecule has 0 aliphatic heterocycles. The number of nitrogens with two attached hydrogens (primary N) is 1. The van der Waals surface area contributed by atoms with Crippen LogP contribution in [0.2, 0.25) is 0 Å². The highest BCUT2D eigenvalue weighted by atomic mass is 16.3. The van der Waals surface area contributed by atoms with Crippen LogP contribution in [0, 0.1) is 0 Å². The van der Waals surface area contributed by atoms with E-state index in [1.54, 1.807) is 12.5 Å². The van der Waals surface area contributed by atoms with Crippen LogP contribution < -0.4 is 5.73 Å². The Labute approximate surface area is 95.1 Å². The van der Waals surface area contributed by atoms with Crippen molar-refractivity contribution in [2.45, 2.75) is 32.4 Å². The van der Waals surface area contributed by atoms with Gasteiger partial charge in [-0.15, -0.1) is 0 Å². The van der Waals surface area contributed by atoms with Crippen molar-refractivity contribution < 1.29 is 4.42 Å². The number of furan rings is 1. The molecule has 1 unspecified atom stereocenters. The Kier molecular flexibility index (Phi) is 3.10. The van der Waals surface area contributed by atoms with Gasteiger partial charge in [-0.25, -0.2) is 0 Å². The largest absolute Gasteiger partial charge is 0.472 e. The normalized spacial score (nSPS) is 13.2. The van der Waals surface area contributed by atoms with E-state index < -0.39 is 0 Å². The minimum absolute atomic E-state index is 0.0470. The van der Waals surface area contributed by atoms with Crippen LogP contribution in [0.4, 0.5) is 0 Å². The summed E-state index contributed by atoms with van der Waals surface area (Å²) in [5.41, 5.74) is 8.08. The van der Waals surface area contributed by atoms with E-state index in [4.69, 9.17) is 10.2 Å². The first-order valence-electron chi connectivity index (χ1n) is 5.48. The van der Waals surface area contributed by atoms with Crippen molar-refractivity contribution in [1.29, 1.82) is 0 Å². The quantitative estimate of drug-likeness (QED) is 0.858. The number of hydrogen-bond acceptors (Lipinski definition) is 3. The van der Waals surface area contributed by atoms with Gasteiger partial charge in [0.2, 0.25) is 0 Å². The summed E-state index contributed by atoms with van der Waals surface area (Å²) in [6.07, 6.45) is 6.05. The van der Waals surface area contributed by atoms with Crippen molar-refractivity contribution in [1.82, 2.24) is 9.78 Å². The molecule has 0 aliphatic carbocycles. The fourth-order valence-corrected chi connectivity index (χ4v) is 1.60. The lowest BCUT2D eigenvalue weighted by atomic mass is 10.1. The standard InChI is InChI=1S/C12H17N3O/c1-9(2)15-5-3-11(14-15)7-12(13)10-4-6-16-8-10/h3-6,8-9,12H,7,13H2,1-2H3. The Balaban J connectivity index is 2.03. The van der Waals surface area contributed by atoms with Crippen LogP contribution in [0.15, 0.2) is 35.3 Å². The molecule has 0 amide bonds. The Bertz CT molecular complexity index is 431. The van der Waals surface area contributed by atoms with Gasteiger partial charge in [-0.1, -0.05) is 0 Å². The summed E-state index contributed by atoms with van der Waals surface area (Å²) in [6.45, 7) is 4.21. The van der Waals surface area contributed by atoms with Gasteiger partial charge in [0.15, 0.2) is 0 Å². The summed E-state index contributed by atoms with van der Waals surface area (Å²) >= 11 is 0. The molecule has 0 fully saturated rings. The van der Waals surface area contributed by atoms with E-state index in [9.17, 15) is 0 Å². The molecule has 0 bridgehead atoms. The minimum Gasteiger partial charge on any atom is -0.472 e. The van der Waals surface area contributed by atoms with Crippen molar-refractivity contribution >= 4 is 0 Å². The molecule has 2 heterocycles. The number of rotatable bonds is 4. The van der Waals surface area contributed by atoms with Crippen molar-refractivity contribution in [3.63, 3.8) is 0 Å². The molecule has 16 heavy (non-hydrogen) atoms. The Morgan fingerprint density at radius 2 is 2.25 bits per heavy atom. The first-order valence-corrected chi connectivity index (χ1v) is 5.48. The maximum Gasteiger partial charge on any atom is 0.0950 e. The van der Waals surface area contributed by atoms with Gasteiger partial charge in [0, 0.05) is 30.3 Å². The third-order valence-corrected chi connectivity index (χ3v) is 2.59. The van der Waals surface area contributed by atoms with Gasteiger partial charge in [0.05, 0.1) is 18.2 Å². The zero-order valence-electron chi connectivity index (χ0n) is 9.63. The van der Waals surface area contributed by atoms with Crippen LogP contribution in [0.3, 0.4) is 0 Å². The predicted octanol–water partition coefficient (Wildman–Crippen LogP) is 2.30. The van der Waals surface area contributed by atoms with Gasteiger partial charge < -0.3 is 10.2 Å². The molecule has 4 nitrogen and oxygen atoms in total. The second-order valence-electron chi connectivity index (χ2n) is 4.25. The molecule has 2 rings (SSSR count). The molecule has 2 N–H and O–H groups in total. The number of nitrogens with zero attached hydrogens (tertiary/aromatic N) is 2. The summed E-state index contributed by atoms with van der Waals surface area (Å²) < 4.78 is 6.95. The van der Waals surface area contributed by atoms with Crippen molar-refractivity contribution in [3.05, 3.63) is 42.1 Å². The maximum atomic E-state index is 6.05. The SMILES string of the molecule is CC(C)n1ccc(CC(N)c2ccoc2)n1. The Morgan fingerprint density at radius 1 is 1.44 bits per heavy atom. The third kappa shape index (κ3) is 2.33. The molecular formula is C12H17N3O. The monoisotopic (exact) mass is 219 g/mol. The van der Waals surface area contributed by atoms with Gasteiger partial charge in [0.25, 0.3) is 0 Å². The smallest absolute Gasteiger partial charge is 0.0950 e. The molecule has 0 aliphatic rings. The fraction of sp³-hybridized carbons (Fsp3) is 0.417. The molecule has 4 heteroatoms. The van der Waals surface area contributed by atoms with E-state index in [0.29, 0.717) is 6.04 Å². The second kappa shape index (κ2) is 4.53. The molecule has 0 radical (unpaired) electrons. The first-order chi connectivity index (χ1) is 7.66. The second-order valence-corrected chi connectivity index (χ2v) is 4.25. The van der Waals surface area contributed by atoms with Crippen LogP contribution in [-0.4, -0.2) is 9.78 Å².